The van der Waals surface area contributed by atoms with Crippen molar-refractivity contribution in [2.45, 2.75) is 6.54 Å². The van der Waals surface area contributed by atoms with E-state index in [0.29, 0.717) is 17.1 Å². The van der Waals surface area contributed by atoms with Gasteiger partial charge in [-0.3, -0.25) is 14.9 Å². The number of nitrogens with zero attached hydrogens (tertiary/aromatic N) is 4. The molecular formula is C17H19ClN4O2. The first-order valence-corrected chi connectivity index (χ1v) is 8.15. The SMILES string of the molecule is COC(=O)c1cnc(CN2CCN(c3ccncc3)CC2)c(Cl)c1. The van der Waals surface area contributed by atoms with Crippen LogP contribution in [0.2, 0.25) is 5.02 Å². The molecule has 0 bridgehead atoms. The number of halogens is 1. The molecule has 0 radical (unpaired) electrons. The van der Waals surface area contributed by atoms with Crippen LogP contribution < -0.4 is 4.90 Å². The normalized spacial score (nSPS) is 15.3. The minimum absolute atomic E-state index is 0.369. The number of rotatable bonds is 4. The van der Waals surface area contributed by atoms with E-state index >= 15 is 0 Å². The van der Waals surface area contributed by atoms with Gasteiger partial charge in [0.05, 0.1) is 23.4 Å². The fraction of sp³-hybridized carbons (Fsp3) is 0.353. The van der Waals surface area contributed by atoms with Crippen molar-refractivity contribution < 1.29 is 9.53 Å². The number of hydrogen-bond acceptors (Lipinski definition) is 6. The van der Waals surface area contributed by atoms with E-state index in [9.17, 15) is 4.79 Å². The van der Waals surface area contributed by atoms with Crippen molar-refractivity contribution in [3.8, 4) is 0 Å². The summed E-state index contributed by atoms with van der Waals surface area (Å²) < 4.78 is 4.68. The molecule has 0 aliphatic carbocycles. The predicted octanol–water partition coefficient (Wildman–Crippen LogP) is 2.24. The molecule has 24 heavy (non-hydrogen) atoms. The summed E-state index contributed by atoms with van der Waals surface area (Å²) in [6.45, 7) is 4.42. The first-order chi connectivity index (χ1) is 11.7. The van der Waals surface area contributed by atoms with Crippen LogP contribution in [0.25, 0.3) is 0 Å². The smallest absolute Gasteiger partial charge is 0.339 e. The molecule has 3 rings (SSSR count). The Morgan fingerprint density at radius 2 is 1.96 bits per heavy atom. The van der Waals surface area contributed by atoms with Crippen molar-refractivity contribution in [1.82, 2.24) is 14.9 Å². The Morgan fingerprint density at radius 1 is 1.25 bits per heavy atom. The summed E-state index contributed by atoms with van der Waals surface area (Å²) >= 11 is 6.26. The van der Waals surface area contributed by atoms with Crippen molar-refractivity contribution >= 4 is 23.3 Å². The number of carbonyl (C=O) groups is 1. The molecule has 0 amide bonds. The Labute approximate surface area is 146 Å². The molecule has 3 heterocycles. The summed E-state index contributed by atoms with van der Waals surface area (Å²) in [5, 5.41) is 0.495. The van der Waals surface area contributed by atoms with Gasteiger partial charge in [0.25, 0.3) is 0 Å². The van der Waals surface area contributed by atoms with Gasteiger partial charge < -0.3 is 9.64 Å². The van der Waals surface area contributed by atoms with Crippen LogP contribution in [0.15, 0.2) is 36.8 Å². The summed E-state index contributed by atoms with van der Waals surface area (Å²) in [7, 11) is 1.34. The molecule has 0 atom stereocenters. The zero-order chi connectivity index (χ0) is 16.9. The van der Waals surface area contributed by atoms with Crippen molar-refractivity contribution in [1.29, 1.82) is 0 Å². The van der Waals surface area contributed by atoms with E-state index in [-0.39, 0.29) is 0 Å². The van der Waals surface area contributed by atoms with Gasteiger partial charge in [-0.05, 0) is 18.2 Å². The van der Waals surface area contributed by atoms with Crippen molar-refractivity contribution in [3.63, 3.8) is 0 Å². The topological polar surface area (TPSA) is 58.6 Å². The third-order valence-electron chi connectivity index (χ3n) is 4.11. The minimum atomic E-state index is -0.429. The molecule has 0 aromatic carbocycles. The number of anilines is 1. The highest BCUT2D eigenvalue weighted by Crippen LogP contribution is 2.20. The summed E-state index contributed by atoms with van der Waals surface area (Å²) in [6.07, 6.45) is 5.14. The highest BCUT2D eigenvalue weighted by molar-refractivity contribution is 6.31. The Morgan fingerprint density at radius 3 is 2.58 bits per heavy atom. The van der Waals surface area contributed by atoms with E-state index in [4.69, 9.17) is 11.6 Å². The molecule has 0 unspecified atom stereocenters. The average Bonchev–Trinajstić information content (AvgIpc) is 2.64. The van der Waals surface area contributed by atoms with Gasteiger partial charge in [-0.1, -0.05) is 11.6 Å². The van der Waals surface area contributed by atoms with Gasteiger partial charge in [-0.25, -0.2) is 4.79 Å². The van der Waals surface area contributed by atoms with Crippen LogP contribution >= 0.6 is 11.6 Å². The number of aromatic nitrogens is 2. The van der Waals surface area contributed by atoms with E-state index in [0.717, 1.165) is 31.9 Å². The quantitative estimate of drug-likeness (QED) is 0.791. The van der Waals surface area contributed by atoms with E-state index in [2.05, 4.69) is 24.5 Å². The van der Waals surface area contributed by atoms with Gasteiger partial charge in [0.15, 0.2) is 0 Å². The molecule has 1 saturated heterocycles. The van der Waals surface area contributed by atoms with Crippen LogP contribution in [0.5, 0.6) is 0 Å². The molecule has 1 aliphatic rings. The van der Waals surface area contributed by atoms with Crippen LogP contribution in [0.4, 0.5) is 5.69 Å². The monoisotopic (exact) mass is 346 g/mol. The van der Waals surface area contributed by atoms with Gasteiger partial charge in [-0.15, -0.1) is 0 Å². The summed E-state index contributed by atoms with van der Waals surface area (Å²) in [5.74, 6) is -0.429. The van der Waals surface area contributed by atoms with Crippen LogP contribution in [-0.2, 0) is 11.3 Å². The van der Waals surface area contributed by atoms with Gasteiger partial charge in [0.2, 0.25) is 0 Å². The second-order valence-electron chi connectivity index (χ2n) is 5.61. The third kappa shape index (κ3) is 3.83. The second kappa shape index (κ2) is 7.59. The fourth-order valence-corrected chi connectivity index (χ4v) is 2.97. The number of methoxy groups -OCH3 is 1. The highest BCUT2D eigenvalue weighted by atomic mass is 35.5. The zero-order valence-corrected chi connectivity index (χ0v) is 14.2. The lowest BCUT2D eigenvalue weighted by molar-refractivity contribution is 0.0600. The minimum Gasteiger partial charge on any atom is -0.465 e. The van der Waals surface area contributed by atoms with E-state index in [1.54, 1.807) is 6.07 Å². The number of pyridine rings is 2. The summed E-state index contributed by atoms with van der Waals surface area (Å²) in [6, 6.07) is 5.67. The van der Waals surface area contributed by atoms with Gasteiger partial charge in [0.1, 0.15) is 0 Å². The fourth-order valence-electron chi connectivity index (χ4n) is 2.74. The molecule has 126 valence electrons. The Bertz CT molecular complexity index is 703. The average molecular weight is 347 g/mol. The lowest BCUT2D eigenvalue weighted by atomic mass is 10.2. The highest BCUT2D eigenvalue weighted by Gasteiger charge is 2.19. The summed E-state index contributed by atoms with van der Waals surface area (Å²) in [4.78, 5) is 24.5. The summed E-state index contributed by atoms with van der Waals surface area (Å²) in [5.41, 5.74) is 2.35. The van der Waals surface area contributed by atoms with Gasteiger partial charge >= 0.3 is 5.97 Å². The molecular weight excluding hydrogens is 328 g/mol. The first kappa shape index (κ1) is 16.7. The van der Waals surface area contributed by atoms with E-state index in [1.807, 2.05) is 24.5 Å². The lowest BCUT2D eigenvalue weighted by Gasteiger charge is -2.35. The number of piperazine rings is 1. The van der Waals surface area contributed by atoms with Crippen molar-refractivity contribution in [2.24, 2.45) is 0 Å². The predicted molar refractivity (Wildman–Crippen MR) is 92.3 cm³/mol. The zero-order valence-electron chi connectivity index (χ0n) is 13.5. The van der Waals surface area contributed by atoms with Crippen molar-refractivity contribution in [3.05, 3.63) is 53.1 Å². The maximum atomic E-state index is 11.5. The number of ether oxygens (including phenoxy) is 1. The molecule has 1 fully saturated rings. The second-order valence-corrected chi connectivity index (χ2v) is 6.02. The number of hydrogen-bond donors (Lipinski definition) is 0. The maximum absolute atomic E-state index is 11.5. The van der Waals surface area contributed by atoms with Crippen LogP contribution in [0.1, 0.15) is 16.1 Å². The number of esters is 1. The molecule has 2 aromatic heterocycles. The molecule has 0 saturated carbocycles. The molecule has 7 heteroatoms. The maximum Gasteiger partial charge on any atom is 0.339 e. The Hall–Kier alpha value is -2.18. The van der Waals surface area contributed by atoms with Crippen LogP contribution in [0, 0.1) is 0 Å². The largest absolute Gasteiger partial charge is 0.465 e. The van der Waals surface area contributed by atoms with E-state index < -0.39 is 5.97 Å². The molecule has 0 N–H and O–H groups in total. The third-order valence-corrected chi connectivity index (χ3v) is 4.44. The van der Waals surface area contributed by atoms with Gasteiger partial charge in [0, 0.05) is 57.0 Å². The Balaban J connectivity index is 1.59. The van der Waals surface area contributed by atoms with Crippen LogP contribution in [0.3, 0.4) is 0 Å². The lowest BCUT2D eigenvalue weighted by Crippen LogP contribution is -2.46. The molecule has 2 aromatic rings. The first-order valence-electron chi connectivity index (χ1n) is 7.77. The van der Waals surface area contributed by atoms with Gasteiger partial charge in [-0.2, -0.15) is 0 Å². The standard InChI is InChI=1S/C17H19ClN4O2/c1-24-17(23)13-10-15(18)16(20-11-13)12-21-6-8-22(9-7-21)14-2-4-19-5-3-14/h2-5,10-11H,6-9,12H2,1H3. The molecule has 1 aliphatic heterocycles. The Kier molecular flexibility index (Phi) is 5.27. The van der Waals surface area contributed by atoms with Crippen molar-refractivity contribution in [2.75, 3.05) is 38.2 Å². The van der Waals surface area contributed by atoms with Crippen LogP contribution in [-0.4, -0.2) is 54.1 Å². The molecule has 0 spiro atoms. The molecule has 6 nitrogen and oxygen atoms in total. The van der Waals surface area contributed by atoms with E-state index in [1.165, 1.54) is 19.0 Å². The number of carbonyl (C=O) groups excluding carboxylic acids is 1.